The molecule has 0 spiro atoms. The molecule has 0 unspecified atom stereocenters. The highest BCUT2D eigenvalue weighted by molar-refractivity contribution is 5.05. The van der Waals surface area contributed by atoms with Gasteiger partial charge < -0.3 is 9.73 Å². The van der Waals surface area contributed by atoms with E-state index in [0.29, 0.717) is 5.92 Å². The zero-order valence-electron chi connectivity index (χ0n) is 8.75. The first-order chi connectivity index (χ1) is 6.90. The molecule has 1 aliphatic carbocycles. The van der Waals surface area contributed by atoms with Crippen LogP contribution in [0.5, 0.6) is 0 Å². The summed E-state index contributed by atoms with van der Waals surface area (Å²) in [6.07, 6.45) is 6.72. The fourth-order valence-electron chi connectivity index (χ4n) is 1.69. The molecule has 0 atom stereocenters. The predicted octanol–water partition coefficient (Wildman–Crippen LogP) is 2.09. The van der Waals surface area contributed by atoms with Crippen LogP contribution < -0.4 is 5.32 Å². The molecule has 0 saturated heterocycles. The second-order valence-corrected chi connectivity index (χ2v) is 3.89. The van der Waals surface area contributed by atoms with Crippen molar-refractivity contribution in [3.05, 3.63) is 17.8 Å². The summed E-state index contributed by atoms with van der Waals surface area (Å²) in [5, 5.41) is 3.26. The highest BCUT2D eigenvalue weighted by Gasteiger charge is 2.23. The Morgan fingerprint density at radius 3 is 3.07 bits per heavy atom. The van der Waals surface area contributed by atoms with Crippen molar-refractivity contribution in [2.45, 2.75) is 38.5 Å². The zero-order chi connectivity index (χ0) is 9.80. The van der Waals surface area contributed by atoms with Crippen LogP contribution in [0.4, 0.5) is 0 Å². The molecule has 0 bridgehead atoms. The topological polar surface area (TPSA) is 38.1 Å². The molecule has 2 rings (SSSR count). The van der Waals surface area contributed by atoms with E-state index in [1.165, 1.54) is 19.3 Å². The molecule has 3 heteroatoms. The van der Waals surface area contributed by atoms with E-state index in [-0.39, 0.29) is 0 Å². The van der Waals surface area contributed by atoms with E-state index in [1.807, 2.05) is 6.20 Å². The van der Waals surface area contributed by atoms with Crippen LogP contribution in [0.2, 0.25) is 0 Å². The molecule has 0 radical (unpaired) electrons. The molecule has 1 aliphatic rings. The van der Waals surface area contributed by atoms with Crippen LogP contribution in [-0.2, 0) is 6.42 Å². The van der Waals surface area contributed by atoms with E-state index >= 15 is 0 Å². The van der Waals surface area contributed by atoms with E-state index in [0.717, 1.165) is 31.2 Å². The average Bonchev–Trinajstić information content (AvgIpc) is 2.51. The smallest absolute Gasteiger partial charge is 0.195 e. The lowest BCUT2D eigenvalue weighted by Gasteiger charge is -2.22. The average molecular weight is 194 g/mol. The number of rotatable bonds is 5. The Balaban J connectivity index is 1.83. The van der Waals surface area contributed by atoms with Crippen LogP contribution in [0.25, 0.3) is 0 Å². The lowest BCUT2D eigenvalue weighted by molar-refractivity contribution is 0.333. The summed E-state index contributed by atoms with van der Waals surface area (Å²) in [4.78, 5) is 4.28. The maximum absolute atomic E-state index is 5.68. The summed E-state index contributed by atoms with van der Waals surface area (Å²) < 4.78 is 5.68. The van der Waals surface area contributed by atoms with E-state index < -0.39 is 0 Å². The maximum Gasteiger partial charge on any atom is 0.195 e. The highest BCUT2D eigenvalue weighted by Crippen LogP contribution is 2.36. The van der Waals surface area contributed by atoms with E-state index in [9.17, 15) is 0 Å². The third-order valence-electron chi connectivity index (χ3n) is 2.84. The Kier molecular flexibility index (Phi) is 3.19. The van der Waals surface area contributed by atoms with Gasteiger partial charge in [-0.05, 0) is 19.4 Å². The predicted molar refractivity (Wildman–Crippen MR) is 55.3 cm³/mol. The lowest BCUT2D eigenvalue weighted by atomic mass is 9.84. The van der Waals surface area contributed by atoms with E-state index in [4.69, 9.17) is 4.42 Å². The van der Waals surface area contributed by atoms with Gasteiger partial charge in [-0.25, -0.2) is 4.98 Å². The second-order valence-electron chi connectivity index (χ2n) is 3.89. The molecule has 0 aliphatic heterocycles. The minimum absolute atomic E-state index is 0.662. The highest BCUT2D eigenvalue weighted by atomic mass is 16.4. The number of nitrogens with zero attached hydrogens (tertiary/aromatic N) is 1. The molecule has 1 saturated carbocycles. The molecule has 0 amide bonds. The van der Waals surface area contributed by atoms with Crippen molar-refractivity contribution in [1.82, 2.24) is 10.3 Å². The van der Waals surface area contributed by atoms with Crippen molar-refractivity contribution >= 4 is 0 Å². The van der Waals surface area contributed by atoms with Crippen molar-refractivity contribution < 1.29 is 4.42 Å². The van der Waals surface area contributed by atoms with Gasteiger partial charge in [-0.15, -0.1) is 0 Å². The summed E-state index contributed by atoms with van der Waals surface area (Å²) in [5.74, 6) is 2.64. The van der Waals surface area contributed by atoms with Gasteiger partial charge >= 0.3 is 0 Å². The molecule has 14 heavy (non-hydrogen) atoms. The molecule has 1 fully saturated rings. The number of likely N-dealkylation sites (N-methyl/N-ethyl adjacent to an activating group) is 1. The monoisotopic (exact) mass is 194 g/mol. The third kappa shape index (κ3) is 2.15. The van der Waals surface area contributed by atoms with Gasteiger partial charge in [-0.2, -0.15) is 0 Å². The molecule has 1 aromatic heterocycles. The van der Waals surface area contributed by atoms with Crippen molar-refractivity contribution in [3.8, 4) is 0 Å². The summed E-state index contributed by atoms with van der Waals surface area (Å²) in [6, 6.07) is 0. The van der Waals surface area contributed by atoms with Gasteiger partial charge in [0.25, 0.3) is 0 Å². The molecule has 3 nitrogen and oxygen atoms in total. The van der Waals surface area contributed by atoms with Crippen molar-refractivity contribution in [1.29, 1.82) is 0 Å². The van der Waals surface area contributed by atoms with Gasteiger partial charge in [0.15, 0.2) is 5.89 Å². The zero-order valence-corrected chi connectivity index (χ0v) is 8.75. The number of aromatic nitrogens is 1. The Bertz CT molecular complexity index is 279. The number of hydrogen-bond donors (Lipinski definition) is 1. The van der Waals surface area contributed by atoms with Gasteiger partial charge in [0, 0.05) is 18.9 Å². The molecule has 1 heterocycles. The van der Waals surface area contributed by atoms with E-state index in [2.05, 4.69) is 17.2 Å². The SMILES string of the molecule is CCNCCc1ncc(C2CCC2)o1. The maximum atomic E-state index is 5.68. The Labute approximate surface area is 84.9 Å². The normalized spacial score (nSPS) is 16.9. The van der Waals surface area contributed by atoms with Crippen LogP contribution >= 0.6 is 0 Å². The van der Waals surface area contributed by atoms with Gasteiger partial charge in [0.2, 0.25) is 0 Å². The van der Waals surface area contributed by atoms with Crippen LogP contribution in [0.3, 0.4) is 0 Å². The largest absolute Gasteiger partial charge is 0.445 e. The minimum Gasteiger partial charge on any atom is -0.445 e. The fraction of sp³-hybridized carbons (Fsp3) is 0.727. The van der Waals surface area contributed by atoms with Gasteiger partial charge in [-0.1, -0.05) is 13.3 Å². The van der Waals surface area contributed by atoms with Crippen LogP contribution in [0, 0.1) is 0 Å². The molecular formula is C11H18N2O. The van der Waals surface area contributed by atoms with Crippen molar-refractivity contribution in [3.63, 3.8) is 0 Å². The summed E-state index contributed by atoms with van der Waals surface area (Å²) in [7, 11) is 0. The Morgan fingerprint density at radius 2 is 2.43 bits per heavy atom. The minimum atomic E-state index is 0.662. The number of hydrogen-bond acceptors (Lipinski definition) is 3. The lowest BCUT2D eigenvalue weighted by Crippen LogP contribution is -2.16. The number of oxazole rings is 1. The van der Waals surface area contributed by atoms with Crippen LogP contribution in [0.1, 0.15) is 43.8 Å². The van der Waals surface area contributed by atoms with Crippen molar-refractivity contribution in [2.75, 3.05) is 13.1 Å². The first kappa shape index (κ1) is 9.71. The van der Waals surface area contributed by atoms with Crippen molar-refractivity contribution in [2.24, 2.45) is 0 Å². The molecule has 1 aromatic rings. The van der Waals surface area contributed by atoms with E-state index in [1.54, 1.807) is 0 Å². The standard InChI is InChI=1S/C11H18N2O/c1-2-12-7-6-11-13-8-10(14-11)9-4-3-5-9/h8-9,12H,2-7H2,1H3. The Morgan fingerprint density at radius 1 is 1.57 bits per heavy atom. The summed E-state index contributed by atoms with van der Waals surface area (Å²) >= 11 is 0. The number of nitrogens with one attached hydrogen (secondary N) is 1. The molecular weight excluding hydrogens is 176 g/mol. The third-order valence-corrected chi connectivity index (χ3v) is 2.84. The molecule has 1 N–H and O–H groups in total. The summed E-state index contributed by atoms with van der Waals surface area (Å²) in [5.41, 5.74) is 0. The van der Waals surface area contributed by atoms with Gasteiger partial charge in [-0.3, -0.25) is 0 Å². The fourth-order valence-corrected chi connectivity index (χ4v) is 1.69. The first-order valence-corrected chi connectivity index (χ1v) is 5.55. The van der Waals surface area contributed by atoms with Gasteiger partial charge in [0.05, 0.1) is 6.20 Å². The Hall–Kier alpha value is -0.830. The van der Waals surface area contributed by atoms with Crippen LogP contribution in [-0.4, -0.2) is 18.1 Å². The van der Waals surface area contributed by atoms with Gasteiger partial charge in [0.1, 0.15) is 5.76 Å². The summed E-state index contributed by atoms with van der Waals surface area (Å²) in [6.45, 7) is 4.08. The molecule has 78 valence electrons. The molecule has 0 aromatic carbocycles. The quantitative estimate of drug-likeness (QED) is 0.729. The second kappa shape index (κ2) is 4.60. The first-order valence-electron chi connectivity index (χ1n) is 5.55. The van der Waals surface area contributed by atoms with Crippen LogP contribution in [0.15, 0.2) is 10.6 Å².